The van der Waals surface area contributed by atoms with Gasteiger partial charge < -0.3 is 19.7 Å². The van der Waals surface area contributed by atoms with Crippen LogP contribution in [0.4, 0.5) is 11.4 Å². The van der Waals surface area contributed by atoms with Gasteiger partial charge in [-0.05, 0) is 43.3 Å². The number of halogens is 2. The minimum absolute atomic E-state index is 0.277. The molecular weight excluding hydrogens is 448 g/mol. The summed E-state index contributed by atoms with van der Waals surface area (Å²) in [5, 5.41) is 3.24. The number of nitrogens with zero attached hydrogens (tertiary/aromatic N) is 1. The molecule has 1 heterocycles. The number of carbonyl (C=O) groups excluding carboxylic acids is 2. The van der Waals surface area contributed by atoms with E-state index in [1.807, 2.05) is 6.07 Å². The lowest BCUT2D eigenvalue weighted by molar-refractivity contribution is 0.0526. The number of ether oxygens (including phenoxy) is 2. The fourth-order valence-electron chi connectivity index (χ4n) is 2.92. The molecule has 0 spiro atoms. The van der Waals surface area contributed by atoms with E-state index in [0.29, 0.717) is 48.1 Å². The number of rotatable bonds is 5. The monoisotopic (exact) mass is 466 g/mol. The Morgan fingerprint density at radius 1 is 1.21 bits per heavy atom. The summed E-state index contributed by atoms with van der Waals surface area (Å²) < 4.78 is 11.2. The average Bonchev–Trinajstić information content (AvgIpc) is 2.70. The number of hydrogen-bond acceptors (Lipinski definition) is 5. The summed E-state index contributed by atoms with van der Waals surface area (Å²) in [6, 6.07) is 10.2. The maximum Gasteiger partial charge on any atom is 0.338 e. The van der Waals surface area contributed by atoms with Crippen molar-refractivity contribution in [3.63, 3.8) is 0 Å². The van der Waals surface area contributed by atoms with Gasteiger partial charge in [0.2, 0.25) is 0 Å². The zero-order chi connectivity index (χ0) is 20.1. The summed E-state index contributed by atoms with van der Waals surface area (Å²) >= 11 is 9.54. The van der Waals surface area contributed by atoms with Crippen molar-refractivity contribution in [2.45, 2.75) is 6.92 Å². The molecule has 0 atom stereocenters. The lowest BCUT2D eigenvalue weighted by atomic mass is 10.1. The first-order valence-corrected chi connectivity index (χ1v) is 10.1. The van der Waals surface area contributed by atoms with Crippen molar-refractivity contribution in [1.29, 1.82) is 0 Å². The van der Waals surface area contributed by atoms with Crippen molar-refractivity contribution in [2.75, 3.05) is 43.1 Å². The van der Waals surface area contributed by atoms with Crippen LogP contribution in [0.15, 0.2) is 40.9 Å². The van der Waals surface area contributed by atoms with Crippen molar-refractivity contribution in [1.82, 2.24) is 0 Å². The summed E-state index contributed by atoms with van der Waals surface area (Å²) in [7, 11) is 0. The van der Waals surface area contributed by atoms with Gasteiger partial charge in [-0.25, -0.2) is 4.79 Å². The fourth-order valence-corrected chi connectivity index (χ4v) is 3.48. The highest BCUT2D eigenvalue weighted by atomic mass is 79.9. The van der Waals surface area contributed by atoms with Crippen LogP contribution in [-0.2, 0) is 9.47 Å². The van der Waals surface area contributed by atoms with Gasteiger partial charge in [-0.1, -0.05) is 27.5 Å². The molecule has 1 aliphatic heterocycles. The van der Waals surface area contributed by atoms with E-state index in [0.717, 1.165) is 10.2 Å². The van der Waals surface area contributed by atoms with Crippen molar-refractivity contribution in [3.8, 4) is 0 Å². The first kappa shape index (κ1) is 20.6. The molecule has 1 N–H and O–H groups in total. The molecule has 0 aromatic heterocycles. The predicted octanol–water partition coefficient (Wildman–Crippen LogP) is 4.37. The van der Waals surface area contributed by atoms with E-state index in [-0.39, 0.29) is 12.5 Å². The highest BCUT2D eigenvalue weighted by molar-refractivity contribution is 9.10. The second-order valence-corrected chi connectivity index (χ2v) is 7.45. The molecule has 1 amide bonds. The van der Waals surface area contributed by atoms with Gasteiger partial charge in [0, 0.05) is 17.6 Å². The van der Waals surface area contributed by atoms with E-state index in [1.165, 1.54) is 0 Å². The van der Waals surface area contributed by atoms with Gasteiger partial charge in [-0.2, -0.15) is 0 Å². The Morgan fingerprint density at radius 2 is 1.96 bits per heavy atom. The van der Waals surface area contributed by atoms with Gasteiger partial charge >= 0.3 is 5.97 Å². The second kappa shape index (κ2) is 9.41. The maximum atomic E-state index is 12.9. The van der Waals surface area contributed by atoms with Crippen LogP contribution in [0.1, 0.15) is 27.6 Å². The molecule has 3 rings (SSSR count). The van der Waals surface area contributed by atoms with Crippen LogP contribution in [0.25, 0.3) is 0 Å². The fraction of sp³-hybridized carbons (Fsp3) is 0.300. The van der Waals surface area contributed by atoms with Crippen LogP contribution in [-0.4, -0.2) is 44.8 Å². The minimum atomic E-state index is -0.438. The largest absolute Gasteiger partial charge is 0.462 e. The highest BCUT2D eigenvalue weighted by Gasteiger charge is 2.20. The number of benzene rings is 2. The van der Waals surface area contributed by atoms with Crippen molar-refractivity contribution in [3.05, 3.63) is 57.0 Å². The maximum absolute atomic E-state index is 12.9. The van der Waals surface area contributed by atoms with Crippen LogP contribution < -0.4 is 10.2 Å². The lowest BCUT2D eigenvalue weighted by Crippen LogP contribution is -2.36. The van der Waals surface area contributed by atoms with Crippen LogP contribution in [0.3, 0.4) is 0 Å². The Kier molecular flexibility index (Phi) is 6.93. The molecule has 28 heavy (non-hydrogen) atoms. The number of hydrogen-bond donors (Lipinski definition) is 1. The van der Waals surface area contributed by atoms with Gasteiger partial charge in [-0.15, -0.1) is 0 Å². The molecule has 148 valence electrons. The number of morpholine rings is 1. The molecule has 1 fully saturated rings. The molecule has 6 nitrogen and oxygen atoms in total. The van der Waals surface area contributed by atoms with E-state index in [9.17, 15) is 9.59 Å². The molecule has 2 aromatic carbocycles. The van der Waals surface area contributed by atoms with Crippen LogP contribution in [0, 0.1) is 0 Å². The number of anilines is 2. The third-order valence-electron chi connectivity index (χ3n) is 4.28. The van der Waals surface area contributed by atoms with E-state index < -0.39 is 5.97 Å². The van der Waals surface area contributed by atoms with Crippen LogP contribution in [0.5, 0.6) is 0 Å². The smallest absolute Gasteiger partial charge is 0.338 e. The van der Waals surface area contributed by atoms with Gasteiger partial charge in [0.05, 0.1) is 47.3 Å². The average molecular weight is 468 g/mol. The first-order chi connectivity index (χ1) is 13.5. The van der Waals surface area contributed by atoms with Gasteiger partial charge in [0.1, 0.15) is 0 Å². The Labute approximate surface area is 176 Å². The molecule has 1 saturated heterocycles. The SMILES string of the molecule is CCOC(=O)c1ccc(N2CCOCC2)c(NC(=O)c2cc(Br)ccc2Cl)c1. The Balaban J connectivity index is 1.95. The molecule has 8 heteroatoms. The number of amides is 1. The standard InChI is InChI=1S/C20H20BrClN2O4/c1-2-28-20(26)13-3-6-18(24-7-9-27-10-8-24)17(11-13)23-19(25)15-12-14(21)4-5-16(15)22/h3-6,11-12H,2,7-10H2,1H3,(H,23,25). The minimum Gasteiger partial charge on any atom is -0.462 e. The molecule has 0 unspecified atom stereocenters. The Bertz CT molecular complexity index is 885. The van der Waals surface area contributed by atoms with Crippen LogP contribution >= 0.6 is 27.5 Å². The number of carbonyl (C=O) groups is 2. The third kappa shape index (κ3) is 4.84. The molecule has 0 bridgehead atoms. The molecule has 2 aromatic rings. The zero-order valence-electron chi connectivity index (χ0n) is 15.3. The zero-order valence-corrected chi connectivity index (χ0v) is 17.7. The molecule has 1 aliphatic rings. The summed E-state index contributed by atoms with van der Waals surface area (Å²) in [5.74, 6) is -0.797. The topological polar surface area (TPSA) is 67.9 Å². The van der Waals surface area contributed by atoms with Crippen molar-refractivity contribution in [2.24, 2.45) is 0 Å². The Hall–Kier alpha value is -2.09. The van der Waals surface area contributed by atoms with E-state index in [1.54, 1.807) is 37.3 Å². The summed E-state index contributed by atoms with van der Waals surface area (Å²) in [4.78, 5) is 27.1. The normalized spacial score (nSPS) is 13.9. The summed E-state index contributed by atoms with van der Waals surface area (Å²) in [6.45, 7) is 4.62. The predicted molar refractivity (Wildman–Crippen MR) is 113 cm³/mol. The summed E-state index contributed by atoms with van der Waals surface area (Å²) in [6.07, 6.45) is 0. The van der Waals surface area contributed by atoms with Gasteiger partial charge in [0.25, 0.3) is 5.91 Å². The van der Waals surface area contributed by atoms with E-state index in [2.05, 4.69) is 26.1 Å². The number of nitrogens with one attached hydrogen (secondary N) is 1. The van der Waals surface area contributed by atoms with E-state index in [4.69, 9.17) is 21.1 Å². The van der Waals surface area contributed by atoms with Crippen molar-refractivity contribution < 1.29 is 19.1 Å². The van der Waals surface area contributed by atoms with Gasteiger partial charge in [0.15, 0.2) is 0 Å². The van der Waals surface area contributed by atoms with Crippen molar-refractivity contribution >= 4 is 50.8 Å². The van der Waals surface area contributed by atoms with Gasteiger partial charge in [-0.3, -0.25) is 4.79 Å². The molecular formula is C20H20BrClN2O4. The molecule has 0 saturated carbocycles. The highest BCUT2D eigenvalue weighted by Crippen LogP contribution is 2.30. The lowest BCUT2D eigenvalue weighted by Gasteiger charge is -2.30. The molecule has 0 radical (unpaired) electrons. The van der Waals surface area contributed by atoms with Crippen LogP contribution in [0.2, 0.25) is 5.02 Å². The Morgan fingerprint density at radius 3 is 2.68 bits per heavy atom. The number of esters is 1. The quantitative estimate of drug-likeness (QED) is 0.662. The van der Waals surface area contributed by atoms with E-state index >= 15 is 0 Å². The third-order valence-corrected chi connectivity index (χ3v) is 5.10. The molecule has 0 aliphatic carbocycles. The summed E-state index contributed by atoms with van der Waals surface area (Å²) in [5.41, 5.74) is 2.05. The first-order valence-electron chi connectivity index (χ1n) is 8.90. The second-order valence-electron chi connectivity index (χ2n) is 6.13.